The molecule has 3 heterocycles. The fraction of sp³-hybridized carbons (Fsp3) is 0.421. The van der Waals surface area contributed by atoms with Gasteiger partial charge in [-0.05, 0) is 39.0 Å². The Balaban J connectivity index is 1.68. The Kier molecular flexibility index (Phi) is 5.17. The highest BCUT2D eigenvalue weighted by Crippen LogP contribution is 2.26. The Labute approximate surface area is 161 Å². The zero-order chi connectivity index (χ0) is 20.5. The summed E-state index contributed by atoms with van der Waals surface area (Å²) in [6.07, 6.45) is 0.820. The van der Waals surface area contributed by atoms with Crippen molar-refractivity contribution in [1.82, 2.24) is 9.88 Å². The Morgan fingerprint density at radius 2 is 2.04 bits per heavy atom. The predicted molar refractivity (Wildman–Crippen MR) is 98.6 cm³/mol. The number of hydrogen-bond acceptors (Lipinski definition) is 7. The van der Waals surface area contributed by atoms with Crippen LogP contribution in [0.25, 0.3) is 11.5 Å². The van der Waals surface area contributed by atoms with Crippen molar-refractivity contribution in [2.24, 2.45) is 5.92 Å². The highest BCUT2D eigenvalue weighted by atomic mass is 16.6. The van der Waals surface area contributed by atoms with E-state index in [2.05, 4.69) is 4.98 Å². The van der Waals surface area contributed by atoms with E-state index in [9.17, 15) is 19.7 Å². The highest BCUT2D eigenvalue weighted by Gasteiger charge is 2.38. The van der Waals surface area contributed by atoms with Crippen molar-refractivity contribution in [2.75, 3.05) is 13.1 Å². The molecule has 0 spiro atoms. The molecule has 0 N–H and O–H groups in total. The Hall–Kier alpha value is -3.23. The highest BCUT2D eigenvalue weighted by molar-refractivity contribution is 5.86. The number of Topliss-reactive ketones (excluding diaryl/α,β-unsaturated/α-hetero) is 1. The van der Waals surface area contributed by atoms with Crippen LogP contribution in [0.5, 0.6) is 0 Å². The van der Waals surface area contributed by atoms with Crippen LogP contribution in [0.2, 0.25) is 0 Å². The summed E-state index contributed by atoms with van der Waals surface area (Å²) in [5, 5.41) is 11.3. The van der Waals surface area contributed by atoms with Crippen LogP contribution in [-0.4, -0.2) is 45.4 Å². The zero-order valence-electron chi connectivity index (χ0n) is 15.9. The first-order valence-corrected chi connectivity index (χ1v) is 8.83. The van der Waals surface area contributed by atoms with Gasteiger partial charge in [-0.1, -0.05) is 0 Å². The number of furan rings is 1. The normalized spacial score (nSPS) is 14.5. The van der Waals surface area contributed by atoms with Gasteiger partial charge in [-0.2, -0.15) is 0 Å². The molecule has 0 radical (unpaired) electrons. The van der Waals surface area contributed by atoms with E-state index in [1.54, 1.807) is 32.9 Å². The monoisotopic (exact) mass is 387 g/mol. The molecule has 1 aliphatic heterocycles. The number of carbonyl (C=O) groups excluding carboxylic acids is 2. The number of hydrogen-bond donors (Lipinski definition) is 0. The molecule has 28 heavy (non-hydrogen) atoms. The minimum absolute atomic E-state index is 0.0830. The molecular weight excluding hydrogens is 366 g/mol. The van der Waals surface area contributed by atoms with Gasteiger partial charge in [0.2, 0.25) is 0 Å². The number of nitrogens with zero attached hydrogens (tertiary/aromatic N) is 3. The summed E-state index contributed by atoms with van der Waals surface area (Å²) in [6.45, 7) is 5.78. The second kappa shape index (κ2) is 7.41. The topological polar surface area (TPSA) is 116 Å². The summed E-state index contributed by atoms with van der Waals surface area (Å²) in [5.41, 5.74) is -0.322. The Bertz CT molecular complexity index is 895. The third kappa shape index (κ3) is 4.36. The van der Waals surface area contributed by atoms with Crippen molar-refractivity contribution in [2.45, 2.75) is 32.8 Å². The summed E-state index contributed by atoms with van der Waals surface area (Å²) in [5.74, 6) is -0.128. The predicted octanol–water partition coefficient (Wildman–Crippen LogP) is 3.23. The third-order valence-electron chi connectivity index (χ3n) is 4.25. The van der Waals surface area contributed by atoms with Crippen LogP contribution < -0.4 is 0 Å². The van der Waals surface area contributed by atoms with Gasteiger partial charge in [0.25, 0.3) is 5.69 Å². The van der Waals surface area contributed by atoms with E-state index in [-0.39, 0.29) is 42.6 Å². The minimum atomic E-state index is -0.608. The van der Waals surface area contributed by atoms with Gasteiger partial charge in [0.05, 0.1) is 23.5 Å². The fourth-order valence-electron chi connectivity index (χ4n) is 2.82. The van der Waals surface area contributed by atoms with Crippen molar-refractivity contribution in [3.8, 4) is 11.5 Å². The minimum Gasteiger partial charge on any atom is -0.463 e. The lowest BCUT2D eigenvalue weighted by atomic mass is 9.92. The van der Waals surface area contributed by atoms with Crippen LogP contribution in [0, 0.1) is 16.0 Å². The summed E-state index contributed by atoms with van der Waals surface area (Å²) < 4.78 is 10.5. The summed E-state index contributed by atoms with van der Waals surface area (Å²) in [4.78, 5) is 41.0. The van der Waals surface area contributed by atoms with Gasteiger partial charge < -0.3 is 14.1 Å². The Morgan fingerprint density at radius 3 is 2.61 bits per heavy atom. The lowest BCUT2D eigenvalue weighted by Gasteiger charge is -2.38. The first-order valence-electron chi connectivity index (χ1n) is 8.83. The number of aromatic nitrogens is 1. The third-order valence-corrected chi connectivity index (χ3v) is 4.25. The van der Waals surface area contributed by atoms with Gasteiger partial charge >= 0.3 is 6.09 Å². The quantitative estimate of drug-likeness (QED) is 0.571. The molecule has 9 heteroatoms. The van der Waals surface area contributed by atoms with Gasteiger partial charge in [-0.3, -0.25) is 14.9 Å². The van der Waals surface area contributed by atoms with E-state index in [1.807, 2.05) is 0 Å². The van der Waals surface area contributed by atoms with Gasteiger partial charge in [0.1, 0.15) is 22.8 Å². The fourth-order valence-corrected chi connectivity index (χ4v) is 2.82. The maximum Gasteiger partial charge on any atom is 0.410 e. The molecule has 0 atom stereocenters. The van der Waals surface area contributed by atoms with Crippen LogP contribution in [0.4, 0.5) is 10.5 Å². The van der Waals surface area contributed by atoms with Crippen LogP contribution in [0.15, 0.2) is 34.9 Å². The average Bonchev–Trinajstić information content (AvgIpc) is 3.05. The van der Waals surface area contributed by atoms with E-state index in [0.717, 1.165) is 0 Å². The molecule has 0 unspecified atom stereocenters. The van der Waals surface area contributed by atoms with E-state index >= 15 is 0 Å². The van der Waals surface area contributed by atoms with Crippen molar-refractivity contribution in [1.29, 1.82) is 0 Å². The molecule has 9 nitrogen and oxygen atoms in total. The van der Waals surface area contributed by atoms with Crippen molar-refractivity contribution in [3.63, 3.8) is 0 Å². The van der Waals surface area contributed by atoms with Crippen molar-refractivity contribution in [3.05, 3.63) is 46.3 Å². The summed E-state index contributed by atoms with van der Waals surface area (Å²) in [6, 6.07) is 6.17. The second-order valence-corrected chi connectivity index (χ2v) is 7.62. The molecule has 0 bridgehead atoms. The van der Waals surface area contributed by atoms with Crippen LogP contribution in [0.1, 0.15) is 26.5 Å². The molecule has 1 aliphatic rings. The zero-order valence-corrected chi connectivity index (χ0v) is 15.9. The second-order valence-electron chi connectivity index (χ2n) is 7.62. The summed E-state index contributed by atoms with van der Waals surface area (Å²) >= 11 is 0. The number of carbonyl (C=O) groups is 2. The van der Waals surface area contributed by atoms with Gasteiger partial charge in [-0.15, -0.1) is 0 Å². The average molecular weight is 387 g/mol. The van der Waals surface area contributed by atoms with Crippen LogP contribution in [-0.2, 0) is 16.0 Å². The maximum atomic E-state index is 12.6. The SMILES string of the molecule is CC(C)(C)OC(=O)N1CC(C(=O)Cc2nc(-c3ccco3)ccc2[N+](=O)[O-])C1. The molecular formula is C19H21N3O6. The molecule has 1 fully saturated rings. The molecule has 0 aliphatic carbocycles. The number of pyridine rings is 1. The number of ether oxygens (including phenoxy) is 1. The number of ketones is 1. The van der Waals surface area contributed by atoms with Gasteiger partial charge in [0.15, 0.2) is 5.76 Å². The van der Waals surface area contributed by atoms with E-state index < -0.39 is 16.6 Å². The first kappa shape index (κ1) is 19.5. The first-order chi connectivity index (χ1) is 13.1. The van der Waals surface area contributed by atoms with Crippen molar-refractivity contribution >= 4 is 17.6 Å². The molecule has 148 valence electrons. The van der Waals surface area contributed by atoms with Gasteiger partial charge in [-0.25, -0.2) is 9.78 Å². The largest absolute Gasteiger partial charge is 0.463 e. The molecule has 0 saturated carbocycles. The maximum absolute atomic E-state index is 12.6. The molecule has 3 rings (SSSR count). The molecule has 0 aromatic carbocycles. The number of nitro groups is 1. The number of likely N-dealkylation sites (tertiary alicyclic amines) is 1. The van der Waals surface area contributed by atoms with Crippen LogP contribution in [0.3, 0.4) is 0 Å². The van der Waals surface area contributed by atoms with E-state index in [4.69, 9.17) is 9.15 Å². The number of amides is 1. The lowest BCUT2D eigenvalue weighted by molar-refractivity contribution is -0.385. The molecule has 1 amide bonds. The van der Waals surface area contributed by atoms with Crippen molar-refractivity contribution < 1.29 is 23.7 Å². The molecule has 2 aromatic rings. The standard InChI is InChI=1S/C19H21N3O6/c1-19(2,3)28-18(24)21-10-12(11-21)16(23)9-14-15(22(25)26)7-6-13(20-14)17-5-4-8-27-17/h4-8,12H,9-11H2,1-3H3. The van der Waals surface area contributed by atoms with Crippen LogP contribution >= 0.6 is 0 Å². The summed E-state index contributed by atoms with van der Waals surface area (Å²) in [7, 11) is 0. The van der Waals surface area contributed by atoms with E-state index in [1.165, 1.54) is 23.3 Å². The van der Waals surface area contributed by atoms with E-state index in [0.29, 0.717) is 11.5 Å². The molecule has 1 saturated heterocycles. The number of rotatable bonds is 5. The van der Waals surface area contributed by atoms with Gasteiger partial charge in [0, 0.05) is 19.2 Å². The Morgan fingerprint density at radius 1 is 1.32 bits per heavy atom. The molecule has 2 aromatic heterocycles. The lowest BCUT2D eigenvalue weighted by Crippen LogP contribution is -2.54. The smallest absolute Gasteiger partial charge is 0.410 e.